The van der Waals surface area contributed by atoms with Crippen LogP contribution in [0.5, 0.6) is 0 Å². The summed E-state index contributed by atoms with van der Waals surface area (Å²) in [5.41, 5.74) is 0. The highest BCUT2D eigenvalue weighted by atomic mass is 32.2. The van der Waals surface area contributed by atoms with Gasteiger partial charge in [-0.05, 0) is 51.3 Å². The van der Waals surface area contributed by atoms with Gasteiger partial charge in [-0.3, -0.25) is 0 Å². The number of hydrogen-bond donors (Lipinski definition) is 2. The van der Waals surface area contributed by atoms with Gasteiger partial charge < -0.3 is 10.6 Å². The van der Waals surface area contributed by atoms with Gasteiger partial charge >= 0.3 is 0 Å². The maximum atomic E-state index is 3.89. The monoisotopic (exact) mass is 256 g/mol. The van der Waals surface area contributed by atoms with Gasteiger partial charge in [-0.1, -0.05) is 12.8 Å². The summed E-state index contributed by atoms with van der Waals surface area (Å²) in [6.45, 7) is 3.58. The second-order valence-corrected chi connectivity index (χ2v) is 6.69. The molecule has 4 atom stereocenters. The van der Waals surface area contributed by atoms with Gasteiger partial charge in [-0.15, -0.1) is 0 Å². The standard InChI is InChI=1S/C14H28N2S/c1-11(10-17-2)16-14-7-4-3-6-12(14)13-8-5-9-15-13/h11-16H,3-10H2,1-2H3. The lowest BCUT2D eigenvalue weighted by Gasteiger charge is -2.38. The SMILES string of the molecule is CSCC(C)NC1CCCCC1C1CCCN1. The first kappa shape index (κ1) is 13.7. The predicted molar refractivity (Wildman–Crippen MR) is 77.8 cm³/mol. The van der Waals surface area contributed by atoms with Crippen LogP contribution in [0, 0.1) is 5.92 Å². The average molecular weight is 256 g/mol. The molecule has 1 heterocycles. The minimum Gasteiger partial charge on any atom is -0.314 e. The molecular weight excluding hydrogens is 228 g/mol. The summed E-state index contributed by atoms with van der Waals surface area (Å²) in [5, 5.41) is 7.60. The lowest BCUT2D eigenvalue weighted by atomic mass is 9.79. The van der Waals surface area contributed by atoms with E-state index in [1.807, 2.05) is 11.8 Å². The van der Waals surface area contributed by atoms with Crippen molar-refractivity contribution in [2.45, 2.75) is 63.6 Å². The van der Waals surface area contributed by atoms with Crippen molar-refractivity contribution in [1.82, 2.24) is 10.6 Å². The lowest BCUT2D eigenvalue weighted by Crippen LogP contribution is -2.50. The first-order valence-electron chi connectivity index (χ1n) is 7.29. The molecule has 0 bridgehead atoms. The van der Waals surface area contributed by atoms with E-state index >= 15 is 0 Å². The minimum atomic E-state index is 0.664. The Labute approximate surface area is 111 Å². The Morgan fingerprint density at radius 1 is 1.24 bits per heavy atom. The van der Waals surface area contributed by atoms with Crippen LogP contribution in [-0.4, -0.2) is 36.7 Å². The van der Waals surface area contributed by atoms with Gasteiger partial charge in [0.25, 0.3) is 0 Å². The van der Waals surface area contributed by atoms with Crippen LogP contribution in [0.4, 0.5) is 0 Å². The predicted octanol–water partition coefficient (Wildman–Crippen LogP) is 2.64. The van der Waals surface area contributed by atoms with E-state index in [2.05, 4.69) is 23.8 Å². The number of rotatable bonds is 5. The summed E-state index contributed by atoms with van der Waals surface area (Å²) in [5.74, 6) is 2.12. The van der Waals surface area contributed by atoms with E-state index in [1.165, 1.54) is 50.8 Å². The van der Waals surface area contributed by atoms with Gasteiger partial charge in [0.1, 0.15) is 0 Å². The highest BCUT2D eigenvalue weighted by Crippen LogP contribution is 2.30. The molecule has 1 saturated heterocycles. The van der Waals surface area contributed by atoms with Crippen molar-refractivity contribution in [3.63, 3.8) is 0 Å². The molecule has 0 aromatic rings. The maximum absolute atomic E-state index is 3.89. The molecule has 0 amide bonds. The number of hydrogen-bond acceptors (Lipinski definition) is 3. The normalized spacial score (nSPS) is 36.0. The van der Waals surface area contributed by atoms with Crippen molar-refractivity contribution in [2.75, 3.05) is 18.6 Å². The molecule has 2 nitrogen and oxygen atoms in total. The van der Waals surface area contributed by atoms with Crippen LogP contribution in [0.25, 0.3) is 0 Å². The largest absolute Gasteiger partial charge is 0.314 e. The van der Waals surface area contributed by atoms with E-state index in [4.69, 9.17) is 0 Å². The van der Waals surface area contributed by atoms with E-state index < -0.39 is 0 Å². The lowest BCUT2D eigenvalue weighted by molar-refractivity contribution is 0.206. The second-order valence-electron chi connectivity index (χ2n) is 5.78. The molecule has 2 aliphatic rings. The van der Waals surface area contributed by atoms with E-state index in [0.717, 1.165) is 18.0 Å². The zero-order valence-corrected chi connectivity index (χ0v) is 12.2. The third-order valence-corrected chi connectivity index (χ3v) is 5.18. The summed E-state index contributed by atoms with van der Waals surface area (Å²) in [6, 6.07) is 2.23. The Kier molecular flexibility index (Phi) is 5.64. The zero-order valence-electron chi connectivity index (χ0n) is 11.4. The molecule has 4 unspecified atom stereocenters. The summed E-state index contributed by atoms with van der Waals surface area (Å²) < 4.78 is 0. The molecule has 100 valence electrons. The van der Waals surface area contributed by atoms with Gasteiger partial charge in [-0.2, -0.15) is 11.8 Å². The topological polar surface area (TPSA) is 24.1 Å². The zero-order chi connectivity index (χ0) is 12.1. The van der Waals surface area contributed by atoms with Crippen molar-refractivity contribution in [1.29, 1.82) is 0 Å². The second kappa shape index (κ2) is 7.01. The van der Waals surface area contributed by atoms with Crippen LogP contribution < -0.4 is 10.6 Å². The first-order valence-corrected chi connectivity index (χ1v) is 8.69. The Morgan fingerprint density at radius 2 is 2.06 bits per heavy atom. The molecule has 2 fully saturated rings. The molecule has 2 N–H and O–H groups in total. The third kappa shape index (κ3) is 3.87. The van der Waals surface area contributed by atoms with Crippen LogP contribution in [0.3, 0.4) is 0 Å². The maximum Gasteiger partial charge on any atom is 0.0132 e. The van der Waals surface area contributed by atoms with Crippen molar-refractivity contribution in [3.8, 4) is 0 Å². The van der Waals surface area contributed by atoms with Gasteiger partial charge in [-0.25, -0.2) is 0 Å². The van der Waals surface area contributed by atoms with Crippen molar-refractivity contribution < 1.29 is 0 Å². The highest BCUT2D eigenvalue weighted by molar-refractivity contribution is 7.98. The van der Waals surface area contributed by atoms with Crippen LogP contribution in [-0.2, 0) is 0 Å². The molecule has 0 radical (unpaired) electrons. The summed E-state index contributed by atoms with van der Waals surface area (Å²) in [6.07, 6.45) is 10.7. The molecule has 0 aromatic heterocycles. The third-order valence-electron chi connectivity index (χ3n) is 4.35. The summed E-state index contributed by atoms with van der Waals surface area (Å²) in [7, 11) is 0. The first-order chi connectivity index (χ1) is 8.31. The molecule has 0 spiro atoms. The van der Waals surface area contributed by atoms with Gasteiger partial charge in [0.05, 0.1) is 0 Å². The molecule has 3 heteroatoms. The Bertz CT molecular complexity index is 216. The quantitative estimate of drug-likeness (QED) is 0.791. The van der Waals surface area contributed by atoms with Crippen LogP contribution in [0.2, 0.25) is 0 Å². The smallest absolute Gasteiger partial charge is 0.0132 e. The average Bonchev–Trinajstić information content (AvgIpc) is 2.83. The van der Waals surface area contributed by atoms with Crippen molar-refractivity contribution in [3.05, 3.63) is 0 Å². The van der Waals surface area contributed by atoms with Crippen LogP contribution in [0.15, 0.2) is 0 Å². The minimum absolute atomic E-state index is 0.664. The van der Waals surface area contributed by atoms with E-state index in [1.54, 1.807) is 0 Å². The van der Waals surface area contributed by atoms with Crippen LogP contribution in [0.1, 0.15) is 45.4 Å². The Balaban J connectivity index is 1.87. The highest BCUT2D eigenvalue weighted by Gasteiger charge is 2.33. The van der Waals surface area contributed by atoms with Crippen molar-refractivity contribution in [2.24, 2.45) is 5.92 Å². The Morgan fingerprint density at radius 3 is 2.76 bits per heavy atom. The summed E-state index contributed by atoms with van der Waals surface area (Å²) in [4.78, 5) is 0. The summed E-state index contributed by atoms with van der Waals surface area (Å²) >= 11 is 1.95. The fourth-order valence-corrected chi connectivity index (χ4v) is 4.18. The Hall–Kier alpha value is 0.270. The molecule has 2 rings (SSSR count). The van der Waals surface area contributed by atoms with Crippen molar-refractivity contribution >= 4 is 11.8 Å². The van der Waals surface area contributed by atoms with Gasteiger partial charge in [0.2, 0.25) is 0 Å². The fourth-order valence-electron chi connectivity index (χ4n) is 3.59. The molecule has 17 heavy (non-hydrogen) atoms. The van der Waals surface area contributed by atoms with E-state index in [9.17, 15) is 0 Å². The van der Waals surface area contributed by atoms with E-state index in [-0.39, 0.29) is 0 Å². The number of nitrogens with one attached hydrogen (secondary N) is 2. The molecule has 1 saturated carbocycles. The van der Waals surface area contributed by atoms with Gasteiger partial charge in [0.15, 0.2) is 0 Å². The van der Waals surface area contributed by atoms with Gasteiger partial charge in [0, 0.05) is 23.9 Å². The van der Waals surface area contributed by atoms with Crippen LogP contribution >= 0.6 is 11.8 Å². The molecular formula is C14H28N2S. The van der Waals surface area contributed by atoms with E-state index in [0.29, 0.717) is 6.04 Å². The number of thioether (sulfide) groups is 1. The molecule has 1 aliphatic heterocycles. The molecule has 1 aliphatic carbocycles. The fraction of sp³-hybridized carbons (Fsp3) is 1.00. The molecule has 0 aromatic carbocycles.